The SMILES string of the molecule is COc1cc(C(=O)N[C@H]2CCc3cc(OC)c(OC)c(OC)c3-c3ccc(SC)c(=O)cc32)cc(OC)c1OC. The summed E-state index contributed by atoms with van der Waals surface area (Å²) in [6.45, 7) is 0. The van der Waals surface area contributed by atoms with Gasteiger partial charge < -0.3 is 33.7 Å². The molecule has 4 rings (SSSR count). The lowest BCUT2D eigenvalue weighted by molar-refractivity contribution is 0.0934. The number of rotatable bonds is 9. The van der Waals surface area contributed by atoms with E-state index in [-0.39, 0.29) is 11.3 Å². The van der Waals surface area contributed by atoms with Crippen molar-refractivity contribution in [2.75, 3.05) is 48.9 Å². The number of hydrogen-bond acceptors (Lipinski definition) is 9. The molecule has 1 aliphatic carbocycles. The van der Waals surface area contributed by atoms with Crippen LogP contribution in [-0.2, 0) is 6.42 Å². The number of ether oxygens (including phenoxy) is 6. The van der Waals surface area contributed by atoms with Crippen LogP contribution >= 0.6 is 11.8 Å². The van der Waals surface area contributed by atoms with Gasteiger partial charge in [-0.2, -0.15) is 0 Å². The number of carbonyl (C=O) groups excluding carboxylic acids is 1. The van der Waals surface area contributed by atoms with Crippen LogP contribution < -0.4 is 39.2 Å². The lowest BCUT2D eigenvalue weighted by Gasteiger charge is -2.20. The van der Waals surface area contributed by atoms with E-state index in [1.807, 2.05) is 18.4 Å². The molecule has 0 aromatic heterocycles. The second kappa shape index (κ2) is 12.4. The number of aryl methyl sites for hydroxylation is 1. The molecule has 0 unspecified atom stereocenters. The number of hydrogen-bond donors (Lipinski definition) is 1. The standard InChI is InChI=1S/C30H33NO8S/c1-34-22-13-17(14-23(35-2)27(22)37-4)30(33)31-20-10-8-16-12-24(36-3)28(38-5)29(39-6)26(16)18-9-11-25(40-7)21(32)15-19(18)20/h9,11-15,20H,8,10H2,1-7H3,(H,31,33)/t20-/m0/s1. The number of methoxy groups -OCH3 is 6. The van der Waals surface area contributed by atoms with Gasteiger partial charge in [0.25, 0.3) is 5.91 Å². The summed E-state index contributed by atoms with van der Waals surface area (Å²) in [7, 11) is 9.18. The van der Waals surface area contributed by atoms with Gasteiger partial charge in [0.15, 0.2) is 28.4 Å². The van der Waals surface area contributed by atoms with E-state index in [2.05, 4.69) is 5.32 Å². The van der Waals surface area contributed by atoms with Crippen molar-refractivity contribution in [1.82, 2.24) is 5.32 Å². The molecule has 0 radical (unpaired) electrons. The molecule has 3 aromatic rings. The van der Waals surface area contributed by atoms with Crippen LogP contribution in [0.2, 0.25) is 0 Å². The predicted octanol–water partition coefficient (Wildman–Crippen LogP) is 4.90. The molecule has 1 N–H and O–H groups in total. The molecule has 40 heavy (non-hydrogen) atoms. The van der Waals surface area contributed by atoms with Gasteiger partial charge in [0.2, 0.25) is 11.5 Å². The van der Waals surface area contributed by atoms with Gasteiger partial charge in [-0.3, -0.25) is 9.59 Å². The van der Waals surface area contributed by atoms with Crippen LogP contribution in [0.15, 0.2) is 46.1 Å². The van der Waals surface area contributed by atoms with Crippen molar-refractivity contribution in [1.29, 1.82) is 0 Å². The van der Waals surface area contributed by atoms with Crippen LogP contribution in [0.4, 0.5) is 0 Å². The predicted molar refractivity (Wildman–Crippen MR) is 154 cm³/mol. The van der Waals surface area contributed by atoms with Crippen molar-refractivity contribution < 1.29 is 33.2 Å². The fourth-order valence-corrected chi connectivity index (χ4v) is 5.53. The van der Waals surface area contributed by atoms with Crippen LogP contribution in [0, 0.1) is 0 Å². The Morgan fingerprint density at radius 3 is 1.95 bits per heavy atom. The third-order valence-corrected chi connectivity index (χ3v) is 7.73. The zero-order valence-corrected chi connectivity index (χ0v) is 24.4. The van der Waals surface area contributed by atoms with E-state index < -0.39 is 6.04 Å². The Labute approximate surface area is 237 Å². The third-order valence-electron chi connectivity index (χ3n) is 6.95. The summed E-state index contributed by atoms with van der Waals surface area (Å²) < 4.78 is 33.4. The Hall–Kier alpha value is -4.05. The van der Waals surface area contributed by atoms with Gasteiger partial charge in [0.05, 0.1) is 53.6 Å². The van der Waals surface area contributed by atoms with Crippen molar-refractivity contribution in [2.45, 2.75) is 23.8 Å². The Balaban J connectivity index is 1.90. The Morgan fingerprint density at radius 1 is 0.800 bits per heavy atom. The molecule has 0 spiro atoms. The minimum atomic E-state index is -0.495. The average molecular weight is 568 g/mol. The average Bonchev–Trinajstić information content (AvgIpc) is 3.23. The minimum absolute atomic E-state index is 0.135. The van der Waals surface area contributed by atoms with Gasteiger partial charge in [0, 0.05) is 11.1 Å². The fourth-order valence-electron chi connectivity index (χ4n) is 5.07. The second-order valence-corrected chi connectivity index (χ2v) is 9.79. The normalized spacial score (nSPS) is 13.7. The molecule has 9 nitrogen and oxygen atoms in total. The maximum Gasteiger partial charge on any atom is 0.252 e. The maximum atomic E-state index is 13.6. The zero-order chi connectivity index (χ0) is 29.0. The summed E-state index contributed by atoms with van der Waals surface area (Å²) in [4.78, 5) is 27.4. The van der Waals surface area contributed by atoms with Crippen molar-refractivity contribution in [2.24, 2.45) is 0 Å². The van der Waals surface area contributed by atoms with E-state index in [4.69, 9.17) is 28.4 Å². The highest BCUT2D eigenvalue weighted by atomic mass is 32.2. The molecular weight excluding hydrogens is 534 g/mol. The number of thioether (sulfide) groups is 1. The molecule has 1 aliphatic rings. The van der Waals surface area contributed by atoms with E-state index in [9.17, 15) is 9.59 Å². The van der Waals surface area contributed by atoms with Crippen LogP contribution in [0.25, 0.3) is 11.1 Å². The monoisotopic (exact) mass is 567 g/mol. The van der Waals surface area contributed by atoms with Crippen molar-refractivity contribution in [3.63, 3.8) is 0 Å². The number of benzene rings is 2. The quantitative estimate of drug-likeness (QED) is 0.362. The first-order valence-electron chi connectivity index (χ1n) is 12.5. The van der Waals surface area contributed by atoms with Gasteiger partial charge in [-0.05, 0) is 66.1 Å². The number of carbonyl (C=O) groups is 1. The highest BCUT2D eigenvalue weighted by Gasteiger charge is 2.30. The third kappa shape index (κ3) is 5.23. The van der Waals surface area contributed by atoms with E-state index in [0.717, 1.165) is 16.7 Å². The molecule has 0 heterocycles. The van der Waals surface area contributed by atoms with Gasteiger partial charge in [-0.15, -0.1) is 11.8 Å². The highest BCUT2D eigenvalue weighted by Crippen LogP contribution is 2.50. The molecule has 3 aromatic carbocycles. The van der Waals surface area contributed by atoms with Crippen LogP contribution in [0.5, 0.6) is 34.5 Å². The Morgan fingerprint density at radius 2 is 1.40 bits per heavy atom. The summed E-state index contributed by atoms with van der Waals surface area (Å²) in [6, 6.07) is 9.92. The summed E-state index contributed by atoms with van der Waals surface area (Å²) in [5.41, 5.74) is 3.37. The maximum absolute atomic E-state index is 13.6. The number of amides is 1. The molecule has 10 heteroatoms. The Kier molecular flexibility index (Phi) is 8.99. The molecule has 1 amide bonds. The lowest BCUT2D eigenvalue weighted by Crippen LogP contribution is -2.29. The molecule has 0 aliphatic heterocycles. The summed E-state index contributed by atoms with van der Waals surface area (Å²) in [5.74, 6) is 2.25. The fraction of sp³-hybridized carbons (Fsp3) is 0.333. The topological polar surface area (TPSA) is 102 Å². The number of nitrogens with one attached hydrogen (secondary N) is 1. The summed E-state index contributed by atoms with van der Waals surface area (Å²) in [6.07, 6.45) is 2.95. The Bertz CT molecular complexity index is 1460. The zero-order valence-electron chi connectivity index (χ0n) is 23.6. The first-order chi connectivity index (χ1) is 19.3. The largest absolute Gasteiger partial charge is 0.493 e. The van der Waals surface area contributed by atoms with Gasteiger partial charge >= 0.3 is 0 Å². The van der Waals surface area contributed by atoms with E-state index in [1.54, 1.807) is 45.6 Å². The lowest BCUT2D eigenvalue weighted by atomic mass is 9.95. The summed E-state index contributed by atoms with van der Waals surface area (Å²) in [5, 5.41) is 3.14. The van der Waals surface area contributed by atoms with Crippen LogP contribution in [0.3, 0.4) is 0 Å². The second-order valence-electron chi connectivity index (χ2n) is 8.94. The molecule has 0 saturated carbocycles. The van der Waals surface area contributed by atoms with Crippen LogP contribution in [-0.4, -0.2) is 54.8 Å². The van der Waals surface area contributed by atoms with Crippen LogP contribution in [0.1, 0.15) is 33.9 Å². The van der Waals surface area contributed by atoms with E-state index in [1.165, 1.54) is 33.1 Å². The molecule has 0 saturated heterocycles. The molecule has 212 valence electrons. The first kappa shape index (κ1) is 28.9. The smallest absolute Gasteiger partial charge is 0.252 e. The van der Waals surface area contributed by atoms with E-state index in [0.29, 0.717) is 63.4 Å². The molecule has 0 fully saturated rings. The number of fused-ring (bicyclic) bond motifs is 3. The highest BCUT2D eigenvalue weighted by molar-refractivity contribution is 7.98. The molecular formula is C30H33NO8S. The van der Waals surface area contributed by atoms with Gasteiger partial charge in [-0.25, -0.2) is 0 Å². The first-order valence-corrected chi connectivity index (χ1v) is 13.7. The molecule has 1 atom stereocenters. The molecule has 0 bridgehead atoms. The van der Waals surface area contributed by atoms with Gasteiger partial charge in [0.1, 0.15) is 0 Å². The van der Waals surface area contributed by atoms with Crippen molar-refractivity contribution in [3.8, 4) is 45.6 Å². The van der Waals surface area contributed by atoms with Crippen molar-refractivity contribution in [3.05, 3.63) is 63.3 Å². The van der Waals surface area contributed by atoms with E-state index >= 15 is 0 Å². The van der Waals surface area contributed by atoms with Gasteiger partial charge in [-0.1, -0.05) is 6.07 Å². The van der Waals surface area contributed by atoms with Crippen molar-refractivity contribution >= 4 is 17.7 Å². The minimum Gasteiger partial charge on any atom is -0.493 e. The summed E-state index contributed by atoms with van der Waals surface area (Å²) >= 11 is 1.37.